The van der Waals surface area contributed by atoms with Gasteiger partial charge in [0.25, 0.3) is 0 Å². The van der Waals surface area contributed by atoms with Crippen molar-refractivity contribution in [2.75, 3.05) is 17.2 Å². The van der Waals surface area contributed by atoms with Gasteiger partial charge in [-0.05, 0) is 48.1 Å². The van der Waals surface area contributed by atoms with E-state index < -0.39 is 23.6 Å². The Bertz CT molecular complexity index is 1740. The number of aromatic nitrogens is 4. The normalized spacial score (nSPS) is 16.3. The second kappa shape index (κ2) is 10.0. The highest BCUT2D eigenvalue weighted by Gasteiger charge is 2.66. The van der Waals surface area contributed by atoms with Gasteiger partial charge in [0.05, 0.1) is 35.9 Å². The Morgan fingerprint density at radius 3 is 2.37 bits per heavy atom. The van der Waals surface area contributed by atoms with E-state index in [0.717, 1.165) is 23.0 Å². The van der Waals surface area contributed by atoms with Crippen LogP contribution in [0.5, 0.6) is 0 Å². The summed E-state index contributed by atoms with van der Waals surface area (Å²) in [6, 6.07) is 10.1. The zero-order chi connectivity index (χ0) is 30.5. The van der Waals surface area contributed by atoms with Crippen molar-refractivity contribution >= 4 is 22.3 Å². The van der Waals surface area contributed by atoms with Gasteiger partial charge in [-0.3, -0.25) is 4.98 Å². The van der Waals surface area contributed by atoms with E-state index in [2.05, 4.69) is 38.1 Å². The highest BCUT2D eigenvalue weighted by Crippen LogP contribution is 2.55. The molecule has 5 rings (SSSR count). The van der Waals surface area contributed by atoms with Crippen LogP contribution >= 0.6 is 0 Å². The van der Waals surface area contributed by atoms with Gasteiger partial charge < -0.3 is 10.6 Å². The van der Waals surface area contributed by atoms with Gasteiger partial charge >= 0.3 is 6.18 Å². The predicted molar refractivity (Wildman–Crippen MR) is 144 cm³/mol. The Kier molecular flexibility index (Phi) is 6.49. The molecule has 2 N–H and O–H groups in total. The first-order valence-corrected chi connectivity index (χ1v) is 12.8. The van der Waals surface area contributed by atoms with E-state index in [9.17, 15) is 29.5 Å². The zero-order valence-corrected chi connectivity index (χ0v) is 22.4. The fourth-order valence-corrected chi connectivity index (χ4v) is 4.48. The molecule has 0 aliphatic heterocycles. The van der Waals surface area contributed by atoms with E-state index in [1.807, 2.05) is 20.8 Å². The average Bonchev–Trinajstić information content (AvgIpc) is 3.61. The molecule has 0 radical (unpaired) electrons. The second-order valence-electron chi connectivity index (χ2n) is 11.2. The number of nitrogens with zero attached hydrogens (tertiary/aromatic N) is 6. The van der Waals surface area contributed by atoms with Crippen LogP contribution in [0.2, 0.25) is 0 Å². The highest BCUT2D eigenvalue weighted by atomic mass is 19.4. The summed E-state index contributed by atoms with van der Waals surface area (Å²) >= 11 is 0. The van der Waals surface area contributed by atoms with Crippen molar-refractivity contribution in [1.82, 2.24) is 20.0 Å². The molecule has 0 bridgehead atoms. The molecular weight excluding hydrogens is 536 g/mol. The summed E-state index contributed by atoms with van der Waals surface area (Å²) in [4.78, 5) is 4.32. The summed E-state index contributed by atoms with van der Waals surface area (Å²) in [6.45, 7) is 6.52. The lowest BCUT2D eigenvalue weighted by Gasteiger charge is -2.22. The summed E-state index contributed by atoms with van der Waals surface area (Å²) in [5.74, 6) is -0.569. The summed E-state index contributed by atoms with van der Waals surface area (Å²) in [5, 5.41) is 34.1. The van der Waals surface area contributed by atoms with Crippen LogP contribution < -0.4 is 10.6 Å². The van der Waals surface area contributed by atoms with E-state index in [4.69, 9.17) is 0 Å². The number of pyridine rings is 1. The molecule has 0 amide bonds. The number of hydrogen-bond acceptors (Lipinski definition) is 7. The van der Waals surface area contributed by atoms with Crippen molar-refractivity contribution in [2.24, 2.45) is 5.41 Å². The highest BCUT2D eigenvalue weighted by molar-refractivity contribution is 5.99. The van der Waals surface area contributed by atoms with Gasteiger partial charge in [-0.25, -0.2) is 9.07 Å². The fourth-order valence-electron chi connectivity index (χ4n) is 4.48. The van der Waals surface area contributed by atoms with E-state index in [-0.39, 0.29) is 46.3 Å². The van der Waals surface area contributed by atoms with Crippen LogP contribution in [0.1, 0.15) is 63.4 Å². The third-order valence-electron chi connectivity index (χ3n) is 6.85. The quantitative estimate of drug-likeness (QED) is 0.249. The number of rotatable bonds is 7. The first-order valence-electron chi connectivity index (χ1n) is 13.3. The Hall–Kier alpha value is -4.71. The molecule has 0 unspecified atom stereocenters. The van der Waals surface area contributed by atoms with Crippen molar-refractivity contribution in [3.63, 3.8) is 0 Å². The smallest absolute Gasteiger partial charge is 0.383 e. The lowest BCUT2D eigenvalue weighted by molar-refractivity contribution is -0.182. The Morgan fingerprint density at radius 2 is 1.78 bits per heavy atom. The van der Waals surface area contributed by atoms with Crippen molar-refractivity contribution in [2.45, 2.75) is 51.3 Å². The zero-order valence-electron chi connectivity index (χ0n) is 23.4. The van der Waals surface area contributed by atoms with Gasteiger partial charge in [0, 0.05) is 23.8 Å². The lowest BCUT2D eigenvalue weighted by Crippen LogP contribution is -2.35. The van der Waals surface area contributed by atoms with E-state index >= 15 is 0 Å². The van der Waals surface area contributed by atoms with Crippen molar-refractivity contribution in [1.29, 1.82) is 10.5 Å². The van der Waals surface area contributed by atoms with Gasteiger partial charge in [0.15, 0.2) is 5.54 Å². The summed E-state index contributed by atoms with van der Waals surface area (Å²) in [5.41, 5.74) is -0.974. The number of nitrogens with one attached hydrogen (secondary N) is 2. The van der Waals surface area contributed by atoms with Crippen LogP contribution in [0.3, 0.4) is 0 Å². The van der Waals surface area contributed by atoms with Gasteiger partial charge in [0.2, 0.25) is 0 Å². The molecule has 41 heavy (non-hydrogen) atoms. The van der Waals surface area contributed by atoms with Gasteiger partial charge in [0.1, 0.15) is 23.6 Å². The molecule has 0 spiro atoms. The number of anilines is 2. The molecule has 4 aromatic rings. The Labute approximate surface area is 235 Å². The van der Waals surface area contributed by atoms with Crippen molar-refractivity contribution in [3.8, 4) is 12.1 Å². The number of halogens is 4. The van der Waals surface area contributed by atoms with Crippen LogP contribution in [0, 0.1) is 33.9 Å². The third kappa shape index (κ3) is 5.38. The maximum absolute atomic E-state index is 13.8. The van der Waals surface area contributed by atoms with Crippen molar-refractivity contribution < 1.29 is 18.9 Å². The van der Waals surface area contributed by atoms with Crippen LogP contribution in [-0.4, -0.2) is 32.7 Å². The molecule has 2 heterocycles. The molecule has 1 aliphatic rings. The first-order chi connectivity index (χ1) is 19.7. The maximum atomic E-state index is 13.8. The van der Waals surface area contributed by atoms with Crippen LogP contribution in [0.25, 0.3) is 10.9 Å². The van der Waals surface area contributed by atoms with E-state index in [0.29, 0.717) is 23.1 Å². The average molecular weight is 564 g/mol. The Morgan fingerprint density at radius 1 is 1.10 bits per heavy atom. The first kappa shape index (κ1) is 26.5. The molecular formula is C29H26F4N8. The summed E-state index contributed by atoms with van der Waals surface area (Å²) < 4.78 is 65.4. The number of nitriles is 2. The largest absolute Gasteiger partial charge is 0.413 e. The molecule has 1 atom stereocenters. The number of hydrogen-bond donors (Lipinski definition) is 2. The molecule has 1 aliphatic carbocycles. The van der Waals surface area contributed by atoms with E-state index in [1.165, 1.54) is 24.4 Å². The van der Waals surface area contributed by atoms with Crippen LogP contribution in [-0.2, 0) is 5.54 Å². The monoisotopic (exact) mass is 563 g/mol. The minimum atomic E-state index is -4.56. The standard InChI is InChI=1S/C29H26F4N8/c1-27(2,3)16-37-25-19(13-35)14-36-24-18(12-34)10-21(11-22(24)25)38-26(17-4-6-20(30)7-5-17)23-15-41(40-39-23)28(8-9-28)29(31,32)33/h4-7,10-11,14-15,26,38H,8-9,16H2,1-3H3,(H,36,37)/t26-/m0/s1/i26D. The van der Waals surface area contributed by atoms with Crippen LogP contribution in [0.15, 0.2) is 48.8 Å². The number of fused-ring (bicyclic) bond motifs is 1. The van der Waals surface area contributed by atoms with Crippen LogP contribution in [0.4, 0.5) is 28.9 Å². The number of alkyl halides is 3. The molecule has 2 aromatic carbocycles. The van der Waals surface area contributed by atoms with E-state index in [1.54, 1.807) is 6.07 Å². The molecule has 1 fully saturated rings. The summed E-state index contributed by atoms with van der Waals surface area (Å²) in [6.07, 6.45) is -2.44. The van der Waals surface area contributed by atoms with Crippen molar-refractivity contribution in [3.05, 3.63) is 77.0 Å². The molecule has 12 heteroatoms. The topological polar surface area (TPSA) is 115 Å². The molecule has 210 valence electrons. The minimum absolute atomic E-state index is 0.136. The maximum Gasteiger partial charge on any atom is 0.413 e. The summed E-state index contributed by atoms with van der Waals surface area (Å²) in [7, 11) is 0. The number of benzene rings is 2. The molecule has 1 saturated carbocycles. The fraction of sp³-hybridized carbons (Fsp3) is 0.345. The SMILES string of the molecule is [2H][C@](Nc1cc(C#N)c2ncc(C#N)c(NCC(C)(C)C)c2c1)(c1ccc(F)cc1)c1cn(C2(C(F)(F)F)CC2)nn1. The predicted octanol–water partition coefficient (Wildman–Crippen LogP) is 6.42. The van der Waals surface area contributed by atoms with Gasteiger partial charge in [-0.1, -0.05) is 38.1 Å². The second-order valence-corrected chi connectivity index (χ2v) is 11.2. The minimum Gasteiger partial charge on any atom is -0.383 e. The molecule has 2 aromatic heterocycles. The van der Waals surface area contributed by atoms with Gasteiger partial charge in [-0.2, -0.15) is 23.7 Å². The molecule has 0 saturated heterocycles. The molecule has 8 nitrogen and oxygen atoms in total. The lowest BCUT2D eigenvalue weighted by atomic mass is 9.96. The Balaban J connectivity index is 1.66. The third-order valence-corrected chi connectivity index (χ3v) is 6.85. The van der Waals surface area contributed by atoms with Gasteiger partial charge in [-0.15, -0.1) is 5.10 Å².